The van der Waals surface area contributed by atoms with Gasteiger partial charge in [-0.2, -0.15) is 0 Å². The number of hydrogen-bond donors (Lipinski definition) is 1. The number of fused-ring (bicyclic) bond motifs is 1. The van der Waals surface area contributed by atoms with Crippen LogP contribution in [0.1, 0.15) is 43.0 Å². The second-order valence-corrected chi connectivity index (χ2v) is 8.14. The van der Waals surface area contributed by atoms with Crippen molar-refractivity contribution >= 4 is 28.5 Å². The topological polar surface area (TPSA) is 58.2 Å². The van der Waals surface area contributed by atoms with Crippen molar-refractivity contribution in [3.05, 3.63) is 58.9 Å². The van der Waals surface area contributed by atoms with Gasteiger partial charge in [0.15, 0.2) is 0 Å². The number of piperidine rings is 1. The van der Waals surface area contributed by atoms with Gasteiger partial charge in [-0.15, -0.1) is 0 Å². The van der Waals surface area contributed by atoms with Crippen LogP contribution in [0.4, 0.5) is 0 Å². The number of halogens is 1. The lowest BCUT2D eigenvalue weighted by molar-refractivity contribution is -0.132. The van der Waals surface area contributed by atoms with Gasteiger partial charge in [0.05, 0.1) is 17.6 Å². The summed E-state index contributed by atoms with van der Waals surface area (Å²) in [5.41, 5.74) is 3.34. The van der Waals surface area contributed by atoms with Crippen LogP contribution in [0.25, 0.3) is 11.0 Å². The molecule has 4 rings (SSSR count). The predicted octanol–water partition coefficient (Wildman–Crippen LogP) is 5.09. The molecular weight excluding hydrogens is 386 g/mol. The Labute approximate surface area is 176 Å². The molecule has 0 saturated carbocycles. The van der Waals surface area contributed by atoms with Crippen LogP contribution in [0.3, 0.4) is 0 Å². The number of aromatic amines is 1. The van der Waals surface area contributed by atoms with Gasteiger partial charge in [-0.3, -0.25) is 4.79 Å². The number of aromatic nitrogens is 2. The molecule has 0 aliphatic carbocycles. The Balaban J connectivity index is 1.22. The van der Waals surface area contributed by atoms with E-state index in [4.69, 9.17) is 21.3 Å². The first kappa shape index (κ1) is 19.8. The van der Waals surface area contributed by atoms with Gasteiger partial charge in [0.2, 0.25) is 5.91 Å². The largest absolute Gasteiger partial charge is 0.494 e. The minimum atomic E-state index is 0.211. The van der Waals surface area contributed by atoms with E-state index in [0.29, 0.717) is 30.4 Å². The summed E-state index contributed by atoms with van der Waals surface area (Å²) in [5.74, 6) is 2.43. The Morgan fingerprint density at radius 3 is 2.72 bits per heavy atom. The highest BCUT2D eigenvalue weighted by Crippen LogP contribution is 2.28. The molecule has 0 atom stereocenters. The maximum absolute atomic E-state index is 12.5. The molecule has 6 heteroatoms. The monoisotopic (exact) mass is 411 g/mol. The summed E-state index contributed by atoms with van der Waals surface area (Å²) >= 11 is 5.87. The van der Waals surface area contributed by atoms with Crippen LogP contribution < -0.4 is 4.74 Å². The lowest BCUT2D eigenvalue weighted by Gasteiger charge is -2.31. The van der Waals surface area contributed by atoms with E-state index in [9.17, 15) is 4.79 Å². The smallest absolute Gasteiger partial charge is 0.222 e. The van der Waals surface area contributed by atoms with Crippen molar-refractivity contribution in [2.45, 2.75) is 38.5 Å². The SMILES string of the molecule is Cc1ccc2nc(C3CCN(C(=O)CCCOc4ccc(Cl)cc4)CC3)[nH]c2c1. The molecule has 5 nitrogen and oxygen atoms in total. The van der Waals surface area contributed by atoms with Crippen LogP contribution in [-0.2, 0) is 4.79 Å². The summed E-state index contributed by atoms with van der Waals surface area (Å²) in [4.78, 5) is 22.7. The molecule has 1 fully saturated rings. The highest BCUT2D eigenvalue weighted by atomic mass is 35.5. The number of rotatable bonds is 6. The second-order valence-electron chi connectivity index (χ2n) is 7.70. The van der Waals surface area contributed by atoms with Gasteiger partial charge in [0.1, 0.15) is 11.6 Å². The Morgan fingerprint density at radius 2 is 1.97 bits per heavy atom. The number of H-pyrrole nitrogens is 1. The molecule has 152 valence electrons. The average Bonchev–Trinajstić information content (AvgIpc) is 3.15. The third-order valence-corrected chi connectivity index (χ3v) is 5.76. The maximum Gasteiger partial charge on any atom is 0.222 e. The molecule has 1 aliphatic rings. The molecule has 1 saturated heterocycles. The van der Waals surface area contributed by atoms with E-state index >= 15 is 0 Å². The van der Waals surface area contributed by atoms with Crippen molar-refractivity contribution in [2.75, 3.05) is 19.7 Å². The predicted molar refractivity (Wildman–Crippen MR) is 116 cm³/mol. The number of nitrogens with zero attached hydrogens (tertiary/aromatic N) is 2. The first-order valence-electron chi connectivity index (χ1n) is 10.2. The molecule has 0 radical (unpaired) electrons. The summed E-state index contributed by atoms with van der Waals surface area (Å²) in [6, 6.07) is 13.6. The number of likely N-dealkylation sites (tertiary alicyclic amines) is 1. The third kappa shape index (κ3) is 4.91. The number of ether oxygens (including phenoxy) is 1. The fourth-order valence-corrected chi connectivity index (χ4v) is 3.97. The van der Waals surface area contributed by atoms with Gasteiger partial charge in [-0.1, -0.05) is 17.7 Å². The van der Waals surface area contributed by atoms with Crippen LogP contribution in [0, 0.1) is 6.92 Å². The molecule has 0 bridgehead atoms. The van der Waals surface area contributed by atoms with Gasteiger partial charge < -0.3 is 14.6 Å². The van der Waals surface area contributed by atoms with E-state index in [1.54, 1.807) is 12.1 Å². The van der Waals surface area contributed by atoms with Crippen molar-refractivity contribution in [1.29, 1.82) is 0 Å². The quantitative estimate of drug-likeness (QED) is 0.575. The first-order valence-corrected chi connectivity index (χ1v) is 10.6. The van der Waals surface area contributed by atoms with Gasteiger partial charge >= 0.3 is 0 Å². The standard InChI is InChI=1S/C23H26ClN3O2/c1-16-4-9-20-21(15-16)26-23(25-20)17-10-12-27(13-11-17)22(28)3-2-14-29-19-7-5-18(24)6-8-19/h4-9,15,17H,2-3,10-14H2,1H3,(H,25,26). The number of imidazole rings is 1. The van der Waals surface area contributed by atoms with Crippen molar-refractivity contribution in [3.63, 3.8) is 0 Å². The van der Waals surface area contributed by atoms with E-state index in [1.807, 2.05) is 17.0 Å². The number of hydrogen-bond acceptors (Lipinski definition) is 3. The average molecular weight is 412 g/mol. The highest BCUT2D eigenvalue weighted by molar-refractivity contribution is 6.30. The number of benzene rings is 2. The number of carbonyl (C=O) groups excluding carboxylic acids is 1. The fraction of sp³-hybridized carbons (Fsp3) is 0.391. The zero-order chi connectivity index (χ0) is 20.2. The van der Waals surface area contributed by atoms with E-state index in [-0.39, 0.29) is 5.91 Å². The summed E-state index contributed by atoms with van der Waals surface area (Å²) in [5, 5.41) is 0.689. The lowest BCUT2D eigenvalue weighted by Crippen LogP contribution is -2.38. The first-order chi connectivity index (χ1) is 14.1. The minimum absolute atomic E-state index is 0.211. The molecule has 1 amide bonds. The molecule has 1 aromatic heterocycles. The normalized spacial score (nSPS) is 15.0. The van der Waals surface area contributed by atoms with E-state index < -0.39 is 0 Å². The molecule has 1 N–H and O–H groups in total. The van der Waals surface area contributed by atoms with E-state index in [0.717, 1.165) is 48.5 Å². The number of nitrogens with one attached hydrogen (secondary N) is 1. The molecule has 0 spiro atoms. The Bertz CT molecular complexity index is 975. The van der Waals surface area contributed by atoms with Crippen LogP contribution in [0.2, 0.25) is 5.02 Å². The molecule has 2 heterocycles. The number of carbonyl (C=O) groups is 1. The highest BCUT2D eigenvalue weighted by Gasteiger charge is 2.25. The summed E-state index contributed by atoms with van der Waals surface area (Å²) in [6.45, 7) is 4.20. The molecule has 3 aromatic rings. The summed E-state index contributed by atoms with van der Waals surface area (Å²) in [7, 11) is 0. The Kier molecular flexibility index (Phi) is 6.05. The number of amides is 1. The van der Waals surface area contributed by atoms with Crippen molar-refractivity contribution in [3.8, 4) is 5.75 Å². The van der Waals surface area contributed by atoms with Crippen LogP contribution >= 0.6 is 11.6 Å². The molecule has 0 unspecified atom stereocenters. The summed E-state index contributed by atoms with van der Waals surface area (Å²) < 4.78 is 5.67. The van der Waals surface area contributed by atoms with E-state index in [2.05, 4.69) is 30.1 Å². The van der Waals surface area contributed by atoms with Gasteiger partial charge in [0, 0.05) is 30.5 Å². The Hall–Kier alpha value is -2.53. The Morgan fingerprint density at radius 1 is 1.21 bits per heavy atom. The minimum Gasteiger partial charge on any atom is -0.494 e. The molecule has 2 aromatic carbocycles. The summed E-state index contributed by atoms with van der Waals surface area (Å²) in [6.07, 6.45) is 3.13. The molecule has 29 heavy (non-hydrogen) atoms. The molecular formula is C23H26ClN3O2. The van der Waals surface area contributed by atoms with Crippen LogP contribution in [-0.4, -0.2) is 40.5 Å². The van der Waals surface area contributed by atoms with Crippen molar-refractivity contribution in [1.82, 2.24) is 14.9 Å². The van der Waals surface area contributed by atoms with Gasteiger partial charge in [-0.25, -0.2) is 4.98 Å². The molecule has 1 aliphatic heterocycles. The van der Waals surface area contributed by atoms with Gasteiger partial charge in [-0.05, 0) is 68.1 Å². The second kappa shape index (κ2) is 8.87. The number of aryl methyl sites for hydroxylation is 1. The fourth-order valence-electron chi connectivity index (χ4n) is 3.84. The van der Waals surface area contributed by atoms with Gasteiger partial charge in [0.25, 0.3) is 0 Å². The van der Waals surface area contributed by atoms with Crippen LogP contribution in [0.5, 0.6) is 5.75 Å². The third-order valence-electron chi connectivity index (χ3n) is 5.51. The van der Waals surface area contributed by atoms with Crippen LogP contribution in [0.15, 0.2) is 42.5 Å². The zero-order valence-electron chi connectivity index (χ0n) is 16.7. The zero-order valence-corrected chi connectivity index (χ0v) is 17.4. The van der Waals surface area contributed by atoms with Crippen molar-refractivity contribution < 1.29 is 9.53 Å². The lowest BCUT2D eigenvalue weighted by atomic mass is 9.96. The van der Waals surface area contributed by atoms with E-state index in [1.165, 1.54) is 5.56 Å². The van der Waals surface area contributed by atoms with Crippen molar-refractivity contribution in [2.24, 2.45) is 0 Å². The maximum atomic E-state index is 12.5.